The second kappa shape index (κ2) is 6.56. The Hall–Kier alpha value is -2.11. The van der Waals surface area contributed by atoms with Crippen molar-refractivity contribution in [1.82, 2.24) is 24.6 Å². The number of nitrogens with zero attached hydrogens (tertiary/aromatic N) is 4. The molecule has 0 spiro atoms. The lowest BCUT2D eigenvalue weighted by molar-refractivity contribution is 0.0695. The van der Waals surface area contributed by atoms with Crippen LogP contribution < -0.4 is 0 Å². The number of hydrogen-bond acceptors (Lipinski definition) is 3. The number of imidazole rings is 1. The van der Waals surface area contributed by atoms with E-state index in [1.54, 1.807) is 0 Å². The van der Waals surface area contributed by atoms with Crippen LogP contribution in [0.4, 0.5) is 0 Å². The molecule has 5 rings (SSSR count). The van der Waals surface area contributed by atoms with E-state index >= 15 is 0 Å². The Morgan fingerprint density at radius 3 is 2.96 bits per heavy atom. The van der Waals surface area contributed by atoms with Crippen LogP contribution in [0.3, 0.4) is 0 Å². The smallest absolute Gasteiger partial charge is 0.274 e. The first-order chi connectivity index (χ1) is 12.8. The number of aromatic amines is 1. The average Bonchev–Trinajstić information content (AvgIpc) is 3.34. The summed E-state index contributed by atoms with van der Waals surface area (Å²) in [6, 6.07) is 0. The quantitative estimate of drug-likeness (QED) is 0.919. The third-order valence-electron chi connectivity index (χ3n) is 6.51. The predicted molar refractivity (Wildman–Crippen MR) is 98.1 cm³/mol. The monoisotopic (exact) mass is 353 g/mol. The topological polar surface area (TPSA) is 66.8 Å². The first kappa shape index (κ1) is 16.1. The van der Waals surface area contributed by atoms with Crippen LogP contribution in [0.5, 0.6) is 0 Å². The van der Waals surface area contributed by atoms with Crippen LogP contribution in [0.2, 0.25) is 0 Å². The van der Waals surface area contributed by atoms with Gasteiger partial charge in [-0.3, -0.25) is 9.89 Å². The minimum Gasteiger partial charge on any atom is -0.337 e. The number of piperidine rings is 1. The zero-order valence-electron chi connectivity index (χ0n) is 15.3. The van der Waals surface area contributed by atoms with Crippen molar-refractivity contribution in [1.29, 1.82) is 0 Å². The molecule has 1 amide bonds. The Morgan fingerprint density at radius 1 is 1.19 bits per heavy atom. The second-order valence-electron chi connectivity index (χ2n) is 8.21. The second-order valence-corrected chi connectivity index (χ2v) is 8.21. The van der Waals surface area contributed by atoms with Gasteiger partial charge in [-0.2, -0.15) is 5.10 Å². The molecule has 0 bridgehead atoms. The molecule has 1 N–H and O–H groups in total. The van der Waals surface area contributed by atoms with E-state index in [1.165, 1.54) is 25.1 Å². The van der Waals surface area contributed by atoms with Crippen molar-refractivity contribution in [2.24, 2.45) is 5.92 Å². The highest BCUT2D eigenvalue weighted by Crippen LogP contribution is 2.32. The molecule has 2 fully saturated rings. The molecule has 6 heteroatoms. The zero-order chi connectivity index (χ0) is 17.5. The van der Waals surface area contributed by atoms with Gasteiger partial charge in [-0.15, -0.1) is 0 Å². The molecule has 0 aromatic carbocycles. The van der Waals surface area contributed by atoms with Crippen molar-refractivity contribution in [3.8, 4) is 0 Å². The molecule has 0 unspecified atom stereocenters. The molecular weight excluding hydrogens is 326 g/mol. The summed E-state index contributed by atoms with van der Waals surface area (Å²) in [5.41, 5.74) is 2.98. The lowest BCUT2D eigenvalue weighted by Gasteiger charge is -2.33. The number of H-pyrrole nitrogens is 1. The van der Waals surface area contributed by atoms with Gasteiger partial charge in [-0.1, -0.05) is 6.42 Å². The normalized spacial score (nSPS) is 23.1. The number of nitrogens with one attached hydrogen (secondary N) is 1. The number of fused-ring (bicyclic) bond motifs is 1. The average molecular weight is 353 g/mol. The fourth-order valence-corrected chi connectivity index (χ4v) is 4.81. The van der Waals surface area contributed by atoms with Gasteiger partial charge in [0.15, 0.2) is 5.69 Å². The summed E-state index contributed by atoms with van der Waals surface area (Å²) in [6.45, 7) is 2.69. The van der Waals surface area contributed by atoms with Crippen LogP contribution in [-0.4, -0.2) is 43.6 Å². The maximum Gasteiger partial charge on any atom is 0.274 e. The van der Waals surface area contributed by atoms with Crippen molar-refractivity contribution >= 4 is 5.91 Å². The molecule has 0 radical (unpaired) electrons. The summed E-state index contributed by atoms with van der Waals surface area (Å²) < 4.78 is 2.34. The minimum atomic E-state index is 0.103. The summed E-state index contributed by atoms with van der Waals surface area (Å²) in [5, 5.41) is 7.41. The van der Waals surface area contributed by atoms with Crippen molar-refractivity contribution in [2.45, 2.75) is 63.8 Å². The molecule has 138 valence electrons. The van der Waals surface area contributed by atoms with Crippen LogP contribution in [-0.2, 0) is 19.4 Å². The Morgan fingerprint density at radius 2 is 2.12 bits per heavy atom. The highest BCUT2D eigenvalue weighted by molar-refractivity contribution is 5.94. The van der Waals surface area contributed by atoms with E-state index in [1.807, 2.05) is 11.1 Å². The molecule has 6 nitrogen and oxygen atoms in total. The highest BCUT2D eigenvalue weighted by Gasteiger charge is 2.32. The highest BCUT2D eigenvalue weighted by atomic mass is 16.2. The molecule has 1 atom stereocenters. The first-order valence-electron chi connectivity index (χ1n) is 10.2. The third-order valence-corrected chi connectivity index (χ3v) is 6.51. The number of carbonyl (C=O) groups is 1. The molecule has 1 saturated heterocycles. The van der Waals surface area contributed by atoms with Gasteiger partial charge in [-0.05, 0) is 50.9 Å². The number of rotatable bonds is 4. The Kier molecular flexibility index (Phi) is 4.06. The van der Waals surface area contributed by atoms with Crippen LogP contribution in [0.15, 0.2) is 12.4 Å². The molecule has 1 aliphatic heterocycles. The van der Waals surface area contributed by atoms with E-state index in [0.717, 1.165) is 68.9 Å². The third kappa shape index (κ3) is 2.75. The molecule has 2 aliphatic carbocycles. The molecule has 3 aliphatic rings. The van der Waals surface area contributed by atoms with Crippen LogP contribution in [0.25, 0.3) is 0 Å². The van der Waals surface area contributed by atoms with E-state index in [0.29, 0.717) is 11.6 Å². The van der Waals surface area contributed by atoms with Crippen LogP contribution >= 0.6 is 0 Å². The van der Waals surface area contributed by atoms with Gasteiger partial charge >= 0.3 is 0 Å². The van der Waals surface area contributed by atoms with E-state index in [4.69, 9.17) is 0 Å². The zero-order valence-corrected chi connectivity index (χ0v) is 15.3. The fraction of sp³-hybridized carbons (Fsp3) is 0.650. The summed E-state index contributed by atoms with van der Waals surface area (Å²) in [4.78, 5) is 19.7. The van der Waals surface area contributed by atoms with Gasteiger partial charge in [0.05, 0.1) is 0 Å². The van der Waals surface area contributed by atoms with E-state index in [9.17, 15) is 4.79 Å². The largest absolute Gasteiger partial charge is 0.337 e. The molecule has 2 aromatic heterocycles. The molecule has 3 heterocycles. The van der Waals surface area contributed by atoms with Crippen molar-refractivity contribution in [2.75, 3.05) is 13.1 Å². The van der Waals surface area contributed by atoms with Gasteiger partial charge in [0.25, 0.3) is 5.91 Å². The maximum absolute atomic E-state index is 13.1. The predicted octanol–water partition coefficient (Wildman–Crippen LogP) is 2.91. The SMILES string of the molecule is O=C(c1n[nH]c2c1CCC2)N1CCC[C@@H](c2nccn2CC2CCC2)C1. The molecule has 2 aromatic rings. The van der Waals surface area contributed by atoms with E-state index in [2.05, 4.69) is 25.9 Å². The van der Waals surface area contributed by atoms with Crippen molar-refractivity contribution in [3.05, 3.63) is 35.2 Å². The number of aromatic nitrogens is 4. The van der Waals surface area contributed by atoms with Gasteiger partial charge in [0.2, 0.25) is 0 Å². The van der Waals surface area contributed by atoms with Crippen LogP contribution in [0, 0.1) is 5.92 Å². The van der Waals surface area contributed by atoms with E-state index < -0.39 is 0 Å². The van der Waals surface area contributed by atoms with Crippen molar-refractivity contribution < 1.29 is 4.79 Å². The lowest BCUT2D eigenvalue weighted by Crippen LogP contribution is -2.40. The van der Waals surface area contributed by atoms with Crippen LogP contribution in [0.1, 0.15) is 72.0 Å². The fourth-order valence-electron chi connectivity index (χ4n) is 4.81. The molecule has 1 saturated carbocycles. The lowest BCUT2D eigenvalue weighted by atomic mass is 9.85. The number of likely N-dealkylation sites (tertiary alicyclic amines) is 1. The number of aryl methyl sites for hydroxylation is 1. The molecule has 26 heavy (non-hydrogen) atoms. The maximum atomic E-state index is 13.1. The number of hydrogen-bond donors (Lipinski definition) is 1. The summed E-state index contributed by atoms with van der Waals surface area (Å²) in [5.74, 6) is 2.43. The van der Waals surface area contributed by atoms with Gasteiger partial charge in [0.1, 0.15) is 5.82 Å². The van der Waals surface area contributed by atoms with Gasteiger partial charge in [-0.25, -0.2) is 4.98 Å². The van der Waals surface area contributed by atoms with Gasteiger partial charge < -0.3 is 9.47 Å². The summed E-state index contributed by atoms with van der Waals surface area (Å²) in [7, 11) is 0. The minimum absolute atomic E-state index is 0.103. The Labute approximate surface area is 154 Å². The summed E-state index contributed by atoms with van der Waals surface area (Å²) >= 11 is 0. The van der Waals surface area contributed by atoms with Gasteiger partial charge in [0, 0.05) is 49.2 Å². The molecular formula is C20H27N5O. The standard InChI is InChI=1S/C20H27N5O/c26-20(18-16-7-2-8-17(16)22-23-18)25-10-3-6-15(13-25)19-21-9-11-24(19)12-14-4-1-5-14/h9,11,14-15H,1-8,10,12-13H2,(H,22,23)/t15-/m1/s1. The van der Waals surface area contributed by atoms with Crippen molar-refractivity contribution in [3.63, 3.8) is 0 Å². The first-order valence-corrected chi connectivity index (χ1v) is 10.2. The number of carbonyl (C=O) groups excluding carboxylic acids is 1. The number of amides is 1. The summed E-state index contributed by atoms with van der Waals surface area (Å²) in [6.07, 6.45) is 13.4. The Bertz CT molecular complexity index is 803. The van der Waals surface area contributed by atoms with E-state index in [-0.39, 0.29) is 5.91 Å². The Balaban J connectivity index is 1.32.